The van der Waals surface area contributed by atoms with Crippen molar-refractivity contribution in [3.63, 3.8) is 0 Å². The molecule has 3 aromatic rings. The van der Waals surface area contributed by atoms with Crippen LogP contribution in [-0.2, 0) is 5.60 Å². The van der Waals surface area contributed by atoms with E-state index in [-0.39, 0.29) is 34.0 Å². The van der Waals surface area contributed by atoms with E-state index >= 15 is 4.39 Å². The van der Waals surface area contributed by atoms with Crippen molar-refractivity contribution < 1.29 is 24.1 Å². The Labute approximate surface area is 200 Å². The average Bonchev–Trinajstić information content (AvgIpc) is 3.07. The van der Waals surface area contributed by atoms with Gasteiger partial charge in [0.05, 0.1) is 22.9 Å². The molecule has 34 heavy (non-hydrogen) atoms. The number of amides is 1. The molecule has 1 amide bonds. The highest BCUT2D eigenvalue weighted by atomic mass is 35.5. The van der Waals surface area contributed by atoms with Crippen LogP contribution >= 0.6 is 11.6 Å². The van der Waals surface area contributed by atoms with Crippen LogP contribution in [0.25, 0.3) is 5.52 Å². The number of aryl methyl sites for hydroxylation is 1. The zero-order valence-electron chi connectivity index (χ0n) is 19.3. The molecule has 5 N–H and O–H groups in total. The molecule has 0 radical (unpaired) electrons. The Kier molecular flexibility index (Phi) is 6.17. The largest absolute Gasteiger partial charge is 0.490 e. The van der Waals surface area contributed by atoms with Gasteiger partial charge in [-0.25, -0.2) is 14.4 Å². The molecular formula is C23H27ClFN5O4. The van der Waals surface area contributed by atoms with Crippen molar-refractivity contribution in [3.8, 4) is 5.75 Å². The summed E-state index contributed by atoms with van der Waals surface area (Å²) in [4.78, 5) is 21.7. The van der Waals surface area contributed by atoms with Gasteiger partial charge in [0.15, 0.2) is 5.82 Å². The van der Waals surface area contributed by atoms with E-state index in [0.29, 0.717) is 24.1 Å². The molecule has 0 saturated heterocycles. The molecule has 11 heteroatoms. The first-order chi connectivity index (χ1) is 15.9. The van der Waals surface area contributed by atoms with Crippen molar-refractivity contribution in [2.75, 3.05) is 5.73 Å². The summed E-state index contributed by atoms with van der Waals surface area (Å²) < 4.78 is 22.7. The molecule has 0 bridgehead atoms. The number of imidazole rings is 1. The highest BCUT2D eigenvalue weighted by Gasteiger charge is 2.39. The minimum absolute atomic E-state index is 0.0636. The van der Waals surface area contributed by atoms with Gasteiger partial charge in [0.2, 0.25) is 0 Å². The van der Waals surface area contributed by atoms with E-state index in [2.05, 4.69) is 15.3 Å². The maximum Gasteiger partial charge on any atom is 0.258 e. The van der Waals surface area contributed by atoms with Gasteiger partial charge in [-0.05, 0) is 46.6 Å². The van der Waals surface area contributed by atoms with E-state index in [1.807, 2.05) is 0 Å². The van der Waals surface area contributed by atoms with Crippen LogP contribution in [0.1, 0.15) is 61.1 Å². The molecule has 2 aromatic heterocycles. The highest BCUT2D eigenvalue weighted by molar-refractivity contribution is 6.31. The number of aromatic nitrogens is 3. The van der Waals surface area contributed by atoms with E-state index in [0.717, 1.165) is 0 Å². The fourth-order valence-corrected chi connectivity index (χ4v) is 4.40. The fourth-order valence-electron chi connectivity index (χ4n) is 4.20. The van der Waals surface area contributed by atoms with Gasteiger partial charge in [-0.1, -0.05) is 11.6 Å². The first-order valence-corrected chi connectivity index (χ1v) is 11.3. The number of nitrogen functional groups attached to an aromatic ring is 1. The molecule has 1 aliphatic carbocycles. The number of fused-ring (bicyclic) bond motifs is 1. The quantitative estimate of drug-likeness (QED) is 0.416. The molecule has 182 valence electrons. The van der Waals surface area contributed by atoms with Crippen LogP contribution in [0.5, 0.6) is 5.75 Å². The lowest BCUT2D eigenvalue weighted by molar-refractivity contribution is 0.0558. The lowest BCUT2D eigenvalue weighted by Crippen LogP contribution is -2.47. The summed E-state index contributed by atoms with van der Waals surface area (Å²) in [5, 5.41) is 23.7. The zero-order valence-corrected chi connectivity index (χ0v) is 20.0. The second-order valence-electron chi connectivity index (χ2n) is 9.01. The number of rotatable bonds is 6. The van der Waals surface area contributed by atoms with E-state index in [9.17, 15) is 15.0 Å². The molecule has 0 unspecified atom stereocenters. The molecular weight excluding hydrogens is 465 g/mol. The summed E-state index contributed by atoms with van der Waals surface area (Å²) in [5.74, 6) is -1.46. The molecule has 1 fully saturated rings. The molecule has 0 spiro atoms. The van der Waals surface area contributed by atoms with E-state index in [1.165, 1.54) is 19.2 Å². The molecule has 0 aliphatic heterocycles. The number of nitrogens with one attached hydrogen (secondary N) is 1. The van der Waals surface area contributed by atoms with Crippen molar-refractivity contribution >= 4 is 28.8 Å². The van der Waals surface area contributed by atoms with Gasteiger partial charge in [0.1, 0.15) is 34.1 Å². The lowest BCUT2D eigenvalue weighted by atomic mass is 9.88. The van der Waals surface area contributed by atoms with Crippen molar-refractivity contribution in [1.82, 2.24) is 19.7 Å². The standard InChI is InChI=1S/C23H27ClFN5O4/c1-10(2)34-19-14(9-15(24)17(25)16(19)21(32)29-12-7-13(31)8-12)23(4,33)22-28-11(3)18-20(26)27-5-6-30(18)22/h5-6,9-10,12-13,31,33H,7-8H2,1-4H3,(H2,26,27)(H,29,32)/t12?,13?,23-/m0/s1. The number of halogens is 2. The Bertz CT molecular complexity index is 1270. The van der Waals surface area contributed by atoms with Gasteiger partial charge < -0.3 is 26.0 Å². The number of benzene rings is 1. The van der Waals surface area contributed by atoms with Crippen molar-refractivity contribution in [2.24, 2.45) is 0 Å². The summed E-state index contributed by atoms with van der Waals surface area (Å²) in [6, 6.07) is 0.936. The van der Waals surface area contributed by atoms with Gasteiger partial charge in [0, 0.05) is 24.0 Å². The minimum atomic E-state index is -1.87. The van der Waals surface area contributed by atoms with Crippen LogP contribution in [0, 0.1) is 12.7 Å². The first kappa shape index (κ1) is 24.2. The van der Waals surface area contributed by atoms with Crippen LogP contribution in [-0.4, -0.2) is 48.7 Å². The molecule has 1 aliphatic rings. The van der Waals surface area contributed by atoms with Crippen LogP contribution < -0.4 is 15.8 Å². The summed E-state index contributed by atoms with van der Waals surface area (Å²) in [5.41, 5.74) is 4.83. The number of aliphatic hydroxyl groups excluding tert-OH is 1. The van der Waals surface area contributed by atoms with Gasteiger partial charge in [-0.3, -0.25) is 9.20 Å². The number of carbonyl (C=O) groups excluding carboxylic acids is 1. The maximum absolute atomic E-state index is 15.2. The van der Waals surface area contributed by atoms with Crippen LogP contribution in [0.2, 0.25) is 5.02 Å². The third kappa shape index (κ3) is 4.06. The SMILES string of the molecule is Cc1nc([C@@](C)(O)c2cc(Cl)c(F)c(C(=O)NC3CC(O)C3)c2OC(C)C)n2ccnc(N)c12. The maximum atomic E-state index is 15.2. The Hall–Kier alpha value is -2.95. The van der Waals surface area contributed by atoms with E-state index in [4.69, 9.17) is 22.1 Å². The minimum Gasteiger partial charge on any atom is -0.490 e. The first-order valence-electron chi connectivity index (χ1n) is 10.9. The van der Waals surface area contributed by atoms with Crippen LogP contribution in [0.4, 0.5) is 10.2 Å². The predicted octanol–water partition coefficient (Wildman–Crippen LogP) is 2.71. The van der Waals surface area contributed by atoms with Crippen molar-refractivity contribution in [3.05, 3.63) is 51.9 Å². The van der Waals surface area contributed by atoms with Gasteiger partial charge in [-0.2, -0.15) is 0 Å². The van der Waals surface area contributed by atoms with E-state index < -0.39 is 35.1 Å². The topological polar surface area (TPSA) is 135 Å². The van der Waals surface area contributed by atoms with Crippen molar-refractivity contribution in [2.45, 2.75) is 64.4 Å². The molecule has 4 rings (SSSR count). The summed E-state index contributed by atoms with van der Waals surface area (Å²) >= 11 is 6.20. The number of nitrogens with two attached hydrogens (primary N) is 1. The molecule has 1 atom stereocenters. The average molecular weight is 492 g/mol. The Morgan fingerprint density at radius 2 is 2.12 bits per heavy atom. The normalized spacial score (nSPS) is 19.7. The number of nitrogens with zero attached hydrogens (tertiary/aromatic N) is 3. The van der Waals surface area contributed by atoms with Crippen LogP contribution in [0.3, 0.4) is 0 Å². The fraction of sp³-hybridized carbons (Fsp3) is 0.435. The van der Waals surface area contributed by atoms with Gasteiger partial charge in [0.25, 0.3) is 5.91 Å². The Balaban J connectivity index is 1.91. The third-order valence-corrected chi connectivity index (χ3v) is 6.19. The highest BCUT2D eigenvalue weighted by Crippen LogP contribution is 2.42. The number of aliphatic hydroxyl groups is 2. The molecule has 1 saturated carbocycles. The number of hydrogen-bond donors (Lipinski definition) is 4. The number of hydrogen-bond acceptors (Lipinski definition) is 7. The Morgan fingerprint density at radius 1 is 1.44 bits per heavy atom. The summed E-state index contributed by atoms with van der Waals surface area (Å²) in [7, 11) is 0. The second kappa shape index (κ2) is 8.68. The van der Waals surface area contributed by atoms with Crippen molar-refractivity contribution in [1.29, 1.82) is 0 Å². The number of ether oxygens (including phenoxy) is 1. The summed E-state index contributed by atoms with van der Waals surface area (Å²) in [6.45, 7) is 6.62. The van der Waals surface area contributed by atoms with Crippen LogP contribution in [0.15, 0.2) is 18.5 Å². The van der Waals surface area contributed by atoms with E-state index in [1.54, 1.807) is 31.4 Å². The van der Waals surface area contributed by atoms with Gasteiger partial charge >= 0.3 is 0 Å². The number of anilines is 1. The predicted molar refractivity (Wildman–Crippen MR) is 124 cm³/mol. The van der Waals surface area contributed by atoms with Gasteiger partial charge in [-0.15, -0.1) is 0 Å². The lowest BCUT2D eigenvalue weighted by Gasteiger charge is -2.33. The third-order valence-electron chi connectivity index (χ3n) is 5.92. The molecule has 1 aromatic carbocycles. The number of carbonyl (C=O) groups is 1. The molecule has 9 nitrogen and oxygen atoms in total. The molecule has 2 heterocycles. The zero-order chi connectivity index (χ0) is 24.9. The monoisotopic (exact) mass is 491 g/mol. The smallest absolute Gasteiger partial charge is 0.258 e. The Morgan fingerprint density at radius 3 is 2.74 bits per heavy atom. The second-order valence-corrected chi connectivity index (χ2v) is 9.42. The summed E-state index contributed by atoms with van der Waals surface area (Å²) in [6.07, 6.45) is 2.85.